The first-order valence-corrected chi connectivity index (χ1v) is 13.5. The van der Waals surface area contributed by atoms with E-state index in [0.29, 0.717) is 24.2 Å². The smallest absolute Gasteiger partial charge is 0.251 e. The van der Waals surface area contributed by atoms with Gasteiger partial charge in [0.2, 0.25) is 0 Å². The maximum absolute atomic E-state index is 12.5. The fourth-order valence-electron chi connectivity index (χ4n) is 4.57. The lowest BCUT2D eigenvalue weighted by molar-refractivity contribution is 0.0943. The third-order valence-corrected chi connectivity index (χ3v) is 6.76. The van der Waals surface area contributed by atoms with Gasteiger partial charge in [-0.05, 0) is 85.0 Å². The number of carbonyl (C=O) groups is 2. The summed E-state index contributed by atoms with van der Waals surface area (Å²) in [5.41, 5.74) is 2.81. The van der Waals surface area contributed by atoms with Crippen molar-refractivity contribution in [2.75, 3.05) is 13.1 Å². The molecule has 0 aliphatic rings. The van der Waals surface area contributed by atoms with Gasteiger partial charge in [0.15, 0.2) is 0 Å². The molecule has 0 saturated heterocycles. The van der Waals surface area contributed by atoms with Crippen molar-refractivity contribution < 1.29 is 19.8 Å². The molecule has 0 heterocycles. The van der Waals surface area contributed by atoms with Gasteiger partial charge in [0.05, 0.1) is 0 Å². The number of amides is 2. The van der Waals surface area contributed by atoms with Crippen molar-refractivity contribution in [1.82, 2.24) is 10.6 Å². The number of aromatic hydroxyl groups is 2. The third kappa shape index (κ3) is 8.89. The number of hydrogen-bond donors (Lipinski definition) is 4. The first-order valence-electron chi connectivity index (χ1n) is 13.5. The zero-order valence-corrected chi connectivity index (χ0v) is 22.4. The van der Waals surface area contributed by atoms with Crippen LogP contribution in [0.5, 0.6) is 11.5 Å². The molecule has 2 aromatic carbocycles. The van der Waals surface area contributed by atoms with Crippen LogP contribution in [0.25, 0.3) is 0 Å². The number of hydrogen-bond acceptors (Lipinski definition) is 4. The van der Waals surface area contributed by atoms with Crippen molar-refractivity contribution in [2.45, 2.75) is 90.9 Å². The number of rotatable bonds is 15. The molecule has 0 fully saturated rings. The average molecular weight is 497 g/mol. The van der Waals surface area contributed by atoms with Gasteiger partial charge in [-0.15, -0.1) is 0 Å². The van der Waals surface area contributed by atoms with Crippen LogP contribution < -0.4 is 10.6 Å². The molecule has 4 N–H and O–H groups in total. The van der Waals surface area contributed by atoms with E-state index in [1.807, 2.05) is 0 Å². The van der Waals surface area contributed by atoms with Crippen molar-refractivity contribution in [2.24, 2.45) is 0 Å². The highest BCUT2D eigenvalue weighted by Crippen LogP contribution is 2.30. The first-order chi connectivity index (χ1) is 17.3. The van der Waals surface area contributed by atoms with E-state index in [2.05, 4.69) is 38.3 Å². The quantitative estimate of drug-likeness (QED) is 0.208. The minimum absolute atomic E-state index is 0.117. The van der Waals surface area contributed by atoms with Crippen LogP contribution in [0.4, 0.5) is 0 Å². The maximum atomic E-state index is 12.5. The van der Waals surface area contributed by atoms with E-state index >= 15 is 0 Å². The second-order valence-electron chi connectivity index (χ2n) is 9.85. The predicted molar refractivity (Wildman–Crippen MR) is 146 cm³/mol. The molecule has 2 amide bonds. The van der Waals surface area contributed by atoms with Crippen molar-refractivity contribution in [1.29, 1.82) is 0 Å². The summed E-state index contributed by atoms with van der Waals surface area (Å²) in [6.07, 6.45) is 7.64. The lowest BCUT2D eigenvalue weighted by Crippen LogP contribution is -2.25. The Morgan fingerprint density at radius 2 is 1.08 bits per heavy atom. The monoisotopic (exact) mass is 496 g/mol. The Kier molecular flexibility index (Phi) is 12.3. The molecule has 0 radical (unpaired) electrons. The number of unbranched alkanes of at least 4 members (excludes halogenated alkanes) is 3. The number of benzene rings is 2. The fourth-order valence-corrected chi connectivity index (χ4v) is 4.57. The van der Waals surface area contributed by atoms with Crippen molar-refractivity contribution in [3.63, 3.8) is 0 Å². The van der Waals surface area contributed by atoms with Gasteiger partial charge in [-0.25, -0.2) is 0 Å². The van der Waals surface area contributed by atoms with Crippen molar-refractivity contribution in [3.8, 4) is 11.5 Å². The standard InChI is InChI=1S/C30H44N2O4/c1-5-11-21(3)25-19-23(13-15-27(25)33)29(35)31-17-9-7-8-10-18-32-30(36)24-14-16-28(34)26(20-24)22(4)12-6-2/h13-16,19-22,33-34H,5-12,17-18H2,1-4H3,(H,31,35)(H,32,36). The van der Waals surface area contributed by atoms with Gasteiger partial charge < -0.3 is 20.8 Å². The second kappa shape index (κ2) is 15.2. The normalized spacial score (nSPS) is 12.7. The van der Waals surface area contributed by atoms with Crippen molar-refractivity contribution in [3.05, 3.63) is 58.7 Å². The van der Waals surface area contributed by atoms with E-state index < -0.39 is 0 Å². The molecular formula is C30H44N2O4. The molecular weight excluding hydrogens is 452 g/mol. The zero-order valence-electron chi connectivity index (χ0n) is 22.4. The summed E-state index contributed by atoms with van der Waals surface area (Å²) in [5, 5.41) is 26.2. The Bertz CT molecular complexity index is 909. The number of phenolic OH excluding ortho intramolecular Hbond substituents is 2. The molecule has 2 aromatic rings. The zero-order chi connectivity index (χ0) is 26.5. The van der Waals surface area contributed by atoms with Crippen LogP contribution in [-0.4, -0.2) is 35.1 Å². The fraction of sp³-hybridized carbons (Fsp3) is 0.533. The van der Waals surface area contributed by atoms with Crippen LogP contribution in [0.1, 0.15) is 123 Å². The van der Waals surface area contributed by atoms with Gasteiger partial charge in [0, 0.05) is 24.2 Å². The molecule has 2 rings (SSSR count). The molecule has 0 spiro atoms. The van der Waals surface area contributed by atoms with E-state index in [0.717, 1.165) is 62.5 Å². The Hall–Kier alpha value is -3.02. The number of carbonyl (C=O) groups excluding carboxylic acids is 2. The molecule has 198 valence electrons. The van der Waals surface area contributed by atoms with Gasteiger partial charge in [0.25, 0.3) is 11.8 Å². The van der Waals surface area contributed by atoms with E-state index in [1.165, 1.54) is 0 Å². The minimum Gasteiger partial charge on any atom is -0.508 e. The predicted octanol–water partition coefficient (Wildman–Crippen LogP) is 6.63. The largest absolute Gasteiger partial charge is 0.508 e. The highest BCUT2D eigenvalue weighted by atomic mass is 16.3. The highest BCUT2D eigenvalue weighted by Gasteiger charge is 2.15. The third-order valence-electron chi connectivity index (χ3n) is 6.76. The summed E-state index contributed by atoms with van der Waals surface area (Å²) in [5.74, 6) is 0.684. The summed E-state index contributed by atoms with van der Waals surface area (Å²) in [4.78, 5) is 25.0. The van der Waals surface area contributed by atoms with E-state index in [4.69, 9.17) is 0 Å². The Morgan fingerprint density at radius 3 is 1.44 bits per heavy atom. The van der Waals surface area contributed by atoms with Crippen LogP contribution in [0, 0.1) is 0 Å². The molecule has 0 saturated carbocycles. The van der Waals surface area contributed by atoms with Crippen LogP contribution in [0.15, 0.2) is 36.4 Å². The number of phenols is 2. The van der Waals surface area contributed by atoms with E-state index in [1.54, 1.807) is 36.4 Å². The number of nitrogens with one attached hydrogen (secondary N) is 2. The molecule has 0 aliphatic carbocycles. The van der Waals surface area contributed by atoms with Gasteiger partial charge in [-0.2, -0.15) is 0 Å². The molecule has 6 heteroatoms. The van der Waals surface area contributed by atoms with Gasteiger partial charge in [-0.3, -0.25) is 9.59 Å². The summed E-state index contributed by atoms with van der Waals surface area (Å²) < 4.78 is 0. The first kappa shape index (κ1) is 29.2. The molecule has 6 nitrogen and oxygen atoms in total. The van der Waals surface area contributed by atoms with E-state index in [-0.39, 0.29) is 35.1 Å². The van der Waals surface area contributed by atoms with Crippen LogP contribution in [-0.2, 0) is 0 Å². The molecule has 2 unspecified atom stereocenters. The SMILES string of the molecule is CCCC(C)c1cc(C(=O)NCCCCCCNC(=O)c2ccc(O)c(C(C)CCC)c2)ccc1O. The summed E-state index contributed by atoms with van der Waals surface area (Å²) >= 11 is 0. The summed E-state index contributed by atoms with van der Waals surface area (Å²) in [6, 6.07) is 10.1. The van der Waals surface area contributed by atoms with Crippen molar-refractivity contribution >= 4 is 11.8 Å². The molecule has 0 aromatic heterocycles. The van der Waals surface area contributed by atoms with E-state index in [9.17, 15) is 19.8 Å². The lowest BCUT2D eigenvalue weighted by Gasteiger charge is -2.14. The molecule has 2 atom stereocenters. The summed E-state index contributed by atoms with van der Waals surface area (Å²) in [7, 11) is 0. The maximum Gasteiger partial charge on any atom is 0.251 e. The second-order valence-corrected chi connectivity index (χ2v) is 9.85. The van der Waals surface area contributed by atoms with Gasteiger partial charge in [-0.1, -0.05) is 53.4 Å². The van der Waals surface area contributed by atoms with Crippen LogP contribution in [0.2, 0.25) is 0 Å². The van der Waals surface area contributed by atoms with Gasteiger partial charge in [0.1, 0.15) is 11.5 Å². The highest BCUT2D eigenvalue weighted by molar-refractivity contribution is 5.95. The topological polar surface area (TPSA) is 98.7 Å². The Balaban J connectivity index is 1.67. The molecule has 0 aliphatic heterocycles. The van der Waals surface area contributed by atoms with Crippen LogP contribution >= 0.6 is 0 Å². The minimum atomic E-state index is -0.117. The van der Waals surface area contributed by atoms with Crippen LogP contribution in [0.3, 0.4) is 0 Å². The summed E-state index contributed by atoms with van der Waals surface area (Å²) in [6.45, 7) is 9.55. The van der Waals surface area contributed by atoms with Gasteiger partial charge >= 0.3 is 0 Å². The molecule has 0 bridgehead atoms. The Labute approximate surface area is 216 Å². The Morgan fingerprint density at radius 1 is 0.694 bits per heavy atom. The lowest BCUT2D eigenvalue weighted by atomic mass is 9.94. The average Bonchev–Trinajstić information content (AvgIpc) is 2.86. The molecule has 36 heavy (non-hydrogen) atoms.